The van der Waals surface area contributed by atoms with Crippen LogP contribution in [0.15, 0.2) is 60.7 Å². The molecule has 24 heavy (non-hydrogen) atoms. The van der Waals surface area contributed by atoms with Crippen molar-refractivity contribution in [3.05, 3.63) is 71.8 Å². The van der Waals surface area contributed by atoms with Gasteiger partial charge in [-0.3, -0.25) is 9.59 Å². The lowest BCUT2D eigenvalue weighted by molar-refractivity contribution is -0.138. The minimum Gasteiger partial charge on any atom is -0.481 e. The summed E-state index contributed by atoms with van der Waals surface area (Å²) in [4.78, 5) is 24.2. The predicted octanol–water partition coefficient (Wildman–Crippen LogP) is 3.16. The summed E-state index contributed by atoms with van der Waals surface area (Å²) in [6, 6.07) is 18.8. The zero-order valence-corrected chi connectivity index (χ0v) is 13.4. The van der Waals surface area contributed by atoms with E-state index in [2.05, 4.69) is 5.32 Å². The van der Waals surface area contributed by atoms with Crippen LogP contribution in [0, 0.1) is 5.92 Å². The molecule has 0 radical (unpaired) electrons. The Morgan fingerprint density at radius 1 is 0.958 bits per heavy atom. The van der Waals surface area contributed by atoms with Crippen LogP contribution in [0.5, 0.6) is 0 Å². The Bertz CT molecular complexity index is 695. The van der Waals surface area contributed by atoms with Crippen LogP contribution in [0.3, 0.4) is 0 Å². The van der Waals surface area contributed by atoms with Crippen LogP contribution in [0.4, 0.5) is 0 Å². The third kappa shape index (κ3) is 3.82. The van der Waals surface area contributed by atoms with Crippen LogP contribution >= 0.6 is 0 Å². The normalized spacial score (nSPS) is 16.2. The fraction of sp³-hybridized carbons (Fsp3) is 0.300. The fourth-order valence-corrected chi connectivity index (χ4v) is 3.07. The number of rotatable bonds is 7. The summed E-state index contributed by atoms with van der Waals surface area (Å²) in [5.41, 5.74) is 1.71. The molecule has 2 unspecified atom stereocenters. The van der Waals surface area contributed by atoms with Gasteiger partial charge in [-0.25, -0.2) is 0 Å². The van der Waals surface area contributed by atoms with Gasteiger partial charge in [0.1, 0.15) is 0 Å². The Balaban J connectivity index is 1.70. The number of carbonyl (C=O) groups is 2. The molecule has 1 fully saturated rings. The summed E-state index contributed by atoms with van der Waals surface area (Å²) in [5, 5.41) is 12.3. The predicted molar refractivity (Wildman–Crippen MR) is 91.7 cm³/mol. The van der Waals surface area contributed by atoms with Crippen LogP contribution < -0.4 is 5.32 Å². The molecule has 2 atom stereocenters. The first-order valence-electron chi connectivity index (χ1n) is 8.27. The third-order valence-electron chi connectivity index (χ3n) is 4.52. The lowest BCUT2D eigenvalue weighted by atomic mass is 9.92. The van der Waals surface area contributed by atoms with Crippen LogP contribution in [-0.2, 0) is 9.59 Å². The van der Waals surface area contributed by atoms with E-state index in [1.165, 1.54) is 0 Å². The van der Waals surface area contributed by atoms with Crippen molar-refractivity contribution in [2.24, 2.45) is 5.92 Å². The van der Waals surface area contributed by atoms with E-state index in [4.69, 9.17) is 0 Å². The highest BCUT2D eigenvalue weighted by atomic mass is 16.4. The first-order chi connectivity index (χ1) is 11.7. The van der Waals surface area contributed by atoms with Gasteiger partial charge in [0.25, 0.3) is 0 Å². The van der Waals surface area contributed by atoms with E-state index in [9.17, 15) is 14.7 Å². The number of benzene rings is 2. The number of hydrogen-bond acceptors (Lipinski definition) is 2. The van der Waals surface area contributed by atoms with Crippen molar-refractivity contribution in [1.29, 1.82) is 0 Å². The Morgan fingerprint density at radius 2 is 1.50 bits per heavy atom. The topological polar surface area (TPSA) is 66.4 Å². The first kappa shape index (κ1) is 16.2. The molecule has 1 aliphatic rings. The molecule has 0 heterocycles. The molecule has 0 aromatic heterocycles. The van der Waals surface area contributed by atoms with Gasteiger partial charge in [0.05, 0.1) is 11.8 Å². The number of hydrogen-bond donors (Lipinski definition) is 2. The molecule has 4 nitrogen and oxygen atoms in total. The van der Waals surface area contributed by atoms with Crippen LogP contribution in [0.1, 0.15) is 35.8 Å². The summed E-state index contributed by atoms with van der Waals surface area (Å²) < 4.78 is 0. The standard InChI is InChI=1S/C20H21NO3/c22-19(18(16-11-12-16)15-9-5-2-6-10-15)21-13-17(20(23)24)14-7-3-1-4-8-14/h1-10,16-18H,11-13H2,(H,21,22)(H,23,24). The zero-order valence-electron chi connectivity index (χ0n) is 13.4. The van der Waals surface area contributed by atoms with Gasteiger partial charge in [-0.05, 0) is 29.9 Å². The van der Waals surface area contributed by atoms with Crippen molar-refractivity contribution >= 4 is 11.9 Å². The van der Waals surface area contributed by atoms with E-state index in [0.29, 0.717) is 11.5 Å². The second-order valence-electron chi connectivity index (χ2n) is 6.27. The van der Waals surface area contributed by atoms with Gasteiger partial charge in [-0.15, -0.1) is 0 Å². The van der Waals surface area contributed by atoms with Gasteiger partial charge in [0.2, 0.25) is 5.91 Å². The van der Waals surface area contributed by atoms with Crippen molar-refractivity contribution in [2.75, 3.05) is 6.54 Å². The average molecular weight is 323 g/mol. The molecule has 0 saturated heterocycles. The molecule has 0 bridgehead atoms. The summed E-state index contributed by atoms with van der Waals surface area (Å²) in [6.07, 6.45) is 2.10. The van der Waals surface area contributed by atoms with Crippen LogP contribution in [0.25, 0.3) is 0 Å². The fourth-order valence-electron chi connectivity index (χ4n) is 3.07. The largest absolute Gasteiger partial charge is 0.481 e. The van der Waals surface area contributed by atoms with E-state index in [1.54, 1.807) is 12.1 Å². The summed E-state index contributed by atoms with van der Waals surface area (Å²) >= 11 is 0. The van der Waals surface area contributed by atoms with Crippen molar-refractivity contribution < 1.29 is 14.7 Å². The third-order valence-corrected chi connectivity index (χ3v) is 4.52. The summed E-state index contributed by atoms with van der Waals surface area (Å²) in [7, 11) is 0. The Morgan fingerprint density at radius 3 is 2.00 bits per heavy atom. The Hall–Kier alpha value is -2.62. The number of carboxylic acids is 1. The maximum Gasteiger partial charge on any atom is 0.312 e. The second-order valence-corrected chi connectivity index (χ2v) is 6.27. The van der Waals surface area contributed by atoms with Crippen molar-refractivity contribution in [3.8, 4) is 0 Å². The van der Waals surface area contributed by atoms with Crippen LogP contribution in [-0.4, -0.2) is 23.5 Å². The highest BCUT2D eigenvalue weighted by Gasteiger charge is 2.37. The van der Waals surface area contributed by atoms with Gasteiger partial charge >= 0.3 is 5.97 Å². The highest BCUT2D eigenvalue weighted by Crippen LogP contribution is 2.42. The minimum absolute atomic E-state index is 0.0779. The van der Waals surface area contributed by atoms with Gasteiger partial charge in [-0.2, -0.15) is 0 Å². The summed E-state index contributed by atoms with van der Waals surface area (Å²) in [5.74, 6) is -1.55. The SMILES string of the molecule is O=C(O)C(CNC(=O)C(c1ccccc1)C1CC1)c1ccccc1. The minimum atomic E-state index is -0.927. The molecule has 0 aliphatic heterocycles. The van der Waals surface area contributed by atoms with Gasteiger partial charge in [0, 0.05) is 6.54 Å². The van der Waals surface area contributed by atoms with Crippen LogP contribution in [0.2, 0.25) is 0 Å². The molecule has 0 spiro atoms. The monoisotopic (exact) mass is 323 g/mol. The van der Waals surface area contributed by atoms with Crippen molar-refractivity contribution in [1.82, 2.24) is 5.32 Å². The molecule has 2 N–H and O–H groups in total. The van der Waals surface area contributed by atoms with Gasteiger partial charge in [0.15, 0.2) is 0 Å². The molecular weight excluding hydrogens is 302 g/mol. The lowest BCUT2D eigenvalue weighted by Crippen LogP contribution is -2.35. The number of carboxylic acid groups (broad SMARTS) is 1. The quantitative estimate of drug-likeness (QED) is 0.822. The molecular formula is C20H21NO3. The molecule has 1 aliphatic carbocycles. The van der Waals surface area contributed by atoms with Gasteiger partial charge in [-0.1, -0.05) is 60.7 Å². The Kier molecular flexibility index (Phi) is 4.94. The number of amides is 1. The molecule has 2 aromatic rings. The highest BCUT2D eigenvalue weighted by molar-refractivity contribution is 5.85. The molecule has 2 aromatic carbocycles. The van der Waals surface area contributed by atoms with Crippen molar-refractivity contribution in [3.63, 3.8) is 0 Å². The molecule has 3 rings (SSSR count). The molecule has 124 valence electrons. The molecule has 1 amide bonds. The van der Waals surface area contributed by atoms with E-state index in [1.807, 2.05) is 48.5 Å². The molecule has 1 saturated carbocycles. The average Bonchev–Trinajstić information content (AvgIpc) is 3.42. The number of aliphatic carboxylic acids is 1. The van der Waals surface area contributed by atoms with E-state index < -0.39 is 11.9 Å². The first-order valence-corrected chi connectivity index (χ1v) is 8.27. The van der Waals surface area contributed by atoms with Crippen molar-refractivity contribution in [2.45, 2.75) is 24.7 Å². The molecule has 4 heteroatoms. The summed E-state index contributed by atoms with van der Waals surface area (Å²) in [6.45, 7) is 0.105. The van der Waals surface area contributed by atoms with E-state index in [-0.39, 0.29) is 18.4 Å². The zero-order chi connectivity index (χ0) is 16.9. The number of carbonyl (C=O) groups excluding carboxylic acids is 1. The maximum absolute atomic E-state index is 12.7. The maximum atomic E-state index is 12.7. The second kappa shape index (κ2) is 7.30. The van der Waals surface area contributed by atoms with E-state index >= 15 is 0 Å². The Labute approximate surface area is 141 Å². The van der Waals surface area contributed by atoms with Gasteiger partial charge < -0.3 is 10.4 Å². The lowest BCUT2D eigenvalue weighted by Gasteiger charge is -2.19. The number of nitrogens with one attached hydrogen (secondary N) is 1. The van der Waals surface area contributed by atoms with E-state index in [0.717, 1.165) is 18.4 Å². The smallest absolute Gasteiger partial charge is 0.312 e.